The molecule has 0 bridgehead atoms. The fourth-order valence-corrected chi connectivity index (χ4v) is 3.40. The van der Waals surface area contributed by atoms with Gasteiger partial charge in [-0.15, -0.1) is 0 Å². The molecule has 4 nitrogen and oxygen atoms in total. The number of hydrogen-bond acceptors (Lipinski definition) is 2. The molecule has 5 heteroatoms. The van der Waals surface area contributed by atoms with E-state index < -0.39 is 0 Å². The molecule has 148 valence electrons. The maximum atomic E-state index is 12.5. The van der Waals surface area contributed by atoms with Crippen molar-refractivity contribution in [2.24, 2.45) is 0 Å². The number of rotatable bonds is 8. The molecule has 0 unspecified atom stereocenters. The number of carbonyl (C=O) groups excluding carboxylic acids is 2. The summed E-state index contributed by atoms with van der Waals surface area (Å²) in [4.78, 5) is 24.7. The molecule has 2 amide bonds. The maximum absolute atomic E-state index is 12.5. The third-order valence-corrected chi connectivity index (χ3v) is 4.97. The molecule has 0 fully saturated rings. The number of hydrogen-bond donors (Lipinski definition) is 2. The second-order valence-electron chi connectivity index (χ2n) is 6.66. The molecule has 0 saturated heterocycles. The second-order valence-corrected chi connectivity index (χ2v) is 7.07. The Bertz CT molecular complexity index is 906. The molecule has 0 saturated carbocycles. The van der Waals surface area contributed by atoms with Gasteiger partial charge in [0.1, 0.15) is 0 Å². The van der Waals surface area contributed by atoms with Crippen LogP contribution in [0.1, 0.15) is 33.8 Å². The van der Waals surface area contributed by atoms with Crippen molar-refractivity contribution in [1.82, 2.24) is 10.6 Å². The molecule has 0 aliphatic heterocycles. The first-order valence-corrected chi connectivity index (χ1v) is 9.92. The summed E-state index contributed by atoms with van der Waals surface area (Å²) in [7, 11) is 0. The Morgan fingerprint density at radius 2 is 1.24 bits per heavy atom. The Hall–Kier alpha value is -3.11. The number of halogens is 1. The van der Waals surface area contributed by atoms with E-state index in [1.165, 1.54) is 0 Å². The van der Waals surface area contributed by atoms with Crippen LogP contribution in [0.5, 0.6) is 0 Å². The van der Waals surface area contributed by atoms with E-state index in [0.717, 1.165) is 11.1 Å². The Labute approximate surface area is 175 Å². The van der Waals surface area contributed by atoms with Crippen molar-refractivity contribution in [3.05, 3.63) is 107 Å². The highest BCUT2D eigenvalue weighted by Crippen LogP contribution is 2.27. The quantitative estimate of drug-likeness (QED) is 0.544. The molecule has 2 N–H and O–H groups in total. The van der Waals surface area contributed by atoms with Crippen molar-refractivity contribution >= 4 is 23.4 Å². The molecular formula is C24H23ClN2O2. The highest BCUT2D eigenvalue weighted by molar-refractivity contribution is 6.33. The third-order valence-electron chi connectivity index (χ3n) is 4.64. The van der Waals surface area contributed by atoms with Crippen molar-refractivity contribution in [3.63, 3.8) is 0 Å². The van der Waals surface area contributed by atoms with Crippen molar-refractivity contribution in [2.45, 2.75) is 12.3 Å². The molecule has 3 aromatic carbocycles. The van der Waals surface area contributed by atoms with Gasteiger partial charge in [-0.1, -0.05) is 84.4 Å². The predicted octanol–water partition coefficient (Wildman–Crippen LogP) is 4.41. The van der Waals surface area contributed by atoms with Crippen molar-refractivity contribution in [2.75, 3.05) is 13.1 Å². The Morgan fingerprint density at radius 3 is 1.83 bits per heavy atom. The highest BCUT2D eigenvalue weighted by Gasteiger charge is 2.18. The summed E-state index contributed by atoms with van der Waals surface area (Å²) in [5.41, 5.74) is 2.62. The topological polar surface area (TPSA) is 58.2 Å². The zero-order chi connectivity index (χ0) is 20.5. The van der Waals surface area contributed by atoms with Gasteiger partial charge in [0.25, 0.3) is 5.91 Å². The van der Waals surface area contributed by atoms with Gasteiger partial charge in [-0.3, -0.25) is 9.59 Å². The van der Waals surface area contributed by atoms with Gasteiger partial charge in [0, 0.05) is 25.4 Å². The average Bonchev–Trinajstić information content (AvgIpc) is 2.76. The van der Waals surface area contributed by atoms with Gasteiger partial charge >= 0.3 is 0 Å². The van der Waals surface area contributed by atoms with E-state index in [9.17, 15) is 9.59 Å². The first-order valence-electron chi connectivity index (χ1n) is 9.54. The van der Waals surface area contributed by atoms with Crippen molar-refractivity contribution < 1.29 is 9.59 Å². The van der Waals surface area contributed by atoms with Gasteiger partial charge in [0.2, 0.25) is 5.91 Å². The monoisotopic (exact) mass is 406 g/mol. The second kappa shape index (κ2) is 10.4. The molecule has 29 heavy (non-hydrogen) atoms. The van der Waals surface area contributed by atoms with Crippen LogP contribution >= 0.6 is 11.6 Å². The lowest BCUT2D eigenvalue weighted by Gasteiger charge is -2.18. The van der Waals surface area contributed by atoms with E-state index in [2.05, 4.69) is 10.6 Å². The van der Waals surface area contributed by atoms with Crippen LogP contribution in [0.4, 0.5) is 0 Å². The van der Waals surface area contributed by atoms with E-state index in [1.807, 2.05) is 60.7 Å². The maximum Gasteiger partial charge on any atom is 0.252 e. The van der Waals surface area contributed by atoms with Crippen LogP contribution in [0, 0.1) is 0 Å². The SMILES string of the molecule is O=C(CC(c1ccccc1)c1ccccc1)NCCNC(=O)c1ccccc1Cl. The summed E-state index contributed by atoms with van der Waals surface area (Å²) in [6.45, 7) is 0.683. The largest absolute Gasteiger partial charge is 0.354 e. The average molecular weight is 407 g/mol. The smallest absolute Gasteiger partial charge is 0.252 e. The van der Waals surface area contributed by atoms with E-state index in [-0.39, 0.29) is 17.7 Å². The highest BCUT2D eigenvalue weighted by atomic mass is 35.5. The normalized spacial score (nSPS) is 10.6. The fourth-order valence-electron chi connectivity index (χ4n) is 3.17. The van der Waals surface area contributed by atoms with Gasteiger partial charge < -0.3 is 10.6 Å². The Balaban J connectivity index is 1.53. The van der Waals surface area contributed by atoms with Crippen LogP contribution in [0.3, 0.4) is 0 Å². The van der Waals surface area contributed by atoms with Crippen LogP contribution in [0.25, 0.3) is 0 Å². The first kappa shape index (κ1) is 20.6. The standard InChI is InChI=1S/C24H23ClN2O2/c25-22-14-8-7-13-20(22)24(29)27-16-15-26-23(28)17-21(18-9-3-1-4-10-18)19-11-5-2-6-12-19/h1-14,21H,15-17H2,(H,26,28)(H,27,29). The van der Waals surface area contributed by atoms with Gasteiger partial charge in [0.05, 0.1) is 10.6 Å². The Kier molecular flexibility index (Phi) is 7.42. The van der Waals surface area contributed by atoms with Crippen LogP contribution in [0.15, 0.2) is 84.9 Å². The summed E-state index contributed by atoms with van der Waals surface area (Å²) in [5, 5.41) is 6.07. The molecule has 0 spiro atoms. The summed E-state index contributed by atoms with van der Waals surface area (Å²) in [6.07, 6.45) is 0.340. The molecular weight excluding hydrogens is 384 g/mol. The van der Waals surface area contributed by atoms with Gasteiger partial charge in [-0.2, -0.15) is 0 Å². The lowest BCUT2D eigenvalue weighted by atomic mass is 9.88. The van der Waals surface area contributed by atoms with Gasteiger partial charge in [-0.05, 0) is 23.3 Å². The zero-order valence-electron chi connectivity index (χ0n) is 16.0. The summed E-state index contributed by atoms with van der Waals surface area (Å²) >= 11 is 6.03. The minimum Gasteiger partial charge on any atom is -0.354 e. The predicted molar refractivity (Wildman–Crippen MR) is 116 cm³/mol. The van der Waals surface area contributed by atoms with E-state index in [4.69, 9.17) is 11.6 Å². The molecule has 3 rings (SSSR count). The summed E-state index contributed by atoms with van der Waals surface area (Å²) in [5.74, 6) is -0.332. The van der Waals surface area contributed by atoms with Crippen molar-refractivity contribution in [1.29, 1.82) is 0 Å². The Morgan fingerprint density at radius 1 is 0.724 bits per heavy atom. The van der Waals surface area contributed by atoms with E-state index in [0.29, 0.717) is 30.1 Å². The number of amides is 2. The third kappa shape index (κ3) is 5.93. The zero-order valence-corrected chi connectivity index (χ0v) is 16.7. The lowest BCUT2D eigenvalue weighted by Crippen LogP contribution is -2.35. The molecule has 0 heterocycles. The molecule has 0 aliphatic carbocycles. The number of nitrogens with one attached hydrogen (secondary N) is 2. The fraction of sp³-hybridized carbons (Fsp3) is 0.167. The van der Waals surface area contributed by atoms with Crippen LogP contribution < -0.4 is 10.6 Å². The van der Waals surface area contributed by atoms with Gasteiger partial charge in [0.15, 0.2) is 0 Å². The minimum absolute atomic E-state index is 0.0184. The summed E-state index contributed by atoms with van der Waals surface area (Å²) < 4.78 is 0. The molecule has 0 aromatic heterocycles. The lowest BCUT2D eigenvalue weighted by molar-refractivity contribution is -0.121. The summed E-state index contributed by atoms with van der Waals surface area (Å²) in [6, 6.07) is 26.9. The van der Waals surface area contributed by atoms with Crippen LogP contribution in [-0.2, 0) is 4.79 Å². The van der Waals surface area contributed by atoms with Crippen LogP contribution in [-0.4, -0.2) is 24.9 Å². The van der Waals surface area contributed by atoms with Crippen LogP contribution in [0.2, 0.25) is 5.02 Å². The molecule has 0 aliphatic rings. The van der Waals surface area contributed by atoms with Crippen molar-refractivity contribution in [3.8, 4) is 0 Å². The number of benzene rings is 3. The minimum atomic E-state index is -0.253. The number of carbonyl (C=O) groups is 2. The van der Waals surface area contributed by atoms with E-state index in [1.54, 1.807) is 24.3 Å². The molecule has 0 radical (unpaired) electrons. The van der Waals surface area contributed by atoms with Gasteiger partial charge in [-0.25, -0.2) is 0 Å². The molecule has 3 aromatic rings. The first-order chi connectivity index (χ1) is 14.1. The van der Waals surface area contributed by atoms with E-state index >= 15 is 0 Å². The molecule has 0 atom stereocenters.